The summed E-state index contributed by atoms with van der Waals surface area (Å²) in [5, 5.41) is 3.52. The van der Waals surface area contributed by atoms with Crippen LogP contribution in [-0.4, -0.2) is 48.9 Å². The summed E-state index contributed by atoms with van der Waals surface area (Å²) in [5.74, 6) is 0.00353. The zero-order chi connectivity index (χ0) is 15.7. The molecule has 0 aromatic heterocycles. The van der Waals surface area contributed by atoms with Crippen LogP contribution in [-0.2, 0) is 9.59 Å². The molecule has 1 saturated carbocycles. The summed E-state index contributed by atoms with van der Waals surface area (Å²) in [6.07, 6.45) is 2.84. The molecule has 2 fully saturated rings. The Morgan fingerprint density at radius 1 is 1.36 bits per heavy atom. The van der Waals surface area contributed by atoms with Crippen LogP contribution >= 0.6 is 11.6 Å². The lowest BCUT2D eigenvalue weighted by Gasteiger charge is -2.23. The van der Waals surface area contributed by atoms with E-state index in [-0.39, 0.29) is 24.4 Å². The normalized spacial score (nSPS) is 21.5. The zero-order valence-electron chi connectivity index (χ0n) is 12.6. The Morgan fingerprint density at radius 3 is 2.77 bits per heavy atom. The van der Waals surface area contributed by atoms with E-state index >= 15 is 0 Å². The van der Waals surface area contributed by atoms with Gasteiger partial charge in [0.15, 0.2) is 0 Å². The maximum absolute atomic E-state index is 12.6. The van der Waals surface area contributed by atoms with Crippen LogP contribution in [0, 0.1) is 0 Å². The molecule has 0 spiro atoms. The lowest BCUT2D eigenvalue weighted by atomic mass is 10.2. The van der Waals surface area contributed by atoms with Crippen LogP contribution < -0.4 is 10.2 Å². The Balaban J connectivity index is 1.62. The van der Waals surface area contributed by atoms with Crippen LogP contribution in [0.5, 0.6) is 0 Å². The average Bonchev–Trinajstić information content (AvgIpc) is 3.20. The number of benzene rings is 1. The van der Waals surface area contributed by atoms with Crippen molar-refractivity contribution in [1.82, 2.24) is 10.2 Å². The Bertz CT molecular complexity index is 589. The summed E-state index contributed by atoms with van der Waals surface area (Å²) in [5.41, 5.74) is 0.743. The van der Waals surface area contributed by atoms with Crippen molar-refractivity contribution in [2.24, 2.45) is 0 Å². The number of nitrogens with zero attached hydrogens (tertiary/aromatic N) is 2. The molecule has 2 amide bonds. The van der Waals surface area contributed by atoms with Gasteiger partial charge in [0.2, 0.25) is 11.8 Å². The van der Waals surface area contributed by atoms with Gasteiger partial charge < -0.3 is 10.2 Å². The lowest BCUT2D eigenvalue weighted by Crippen LogP contribution is -2.45. The molecule has 22 heavy (non-hydrogen) atoms. The van der Waals surface area contributed by atoms with E-state index in [2.05, 4.69) is 5.32 Å². The lowest BCUT2D eigenvalue weighted by molar-refractivity contribution is -0.125. The van der Waals surface area contributed by atoms with Gasteiger partial charge in [-0.3, -0.25) is 14.5 Å². The third-order valence-corrected chi connectivity index (χ3v) is 4.51. The molecule has 118 valence electrons. The first-order valence-corrected chi connectivity index (χ1v) is 7.99. The second kappa shape index (κ2) is 6.26. The molecule has 3 rings (SSSR count). The number of amides is 2. The van der Waals surface area contributed by atoms with Crippen LogP contribution in [0.3, 0.4) is 0 Å². The summed E-state index contributed by atoms with van der Waals surface area (Å²) >= 11 is 6.17. The van der Waals surface area contributed by atoms with Crippen molar-refractivity contribution in [2.45, 2.75) is 31.3 Å². The Morgan fingerprint density at radius 2 is 2.09 bits per heavy atom. The van der Waals surface area contributed by atoms with E-state index in [1.165, 1.54) is 0 Å². The number of carbonyl (C=O) groups is 2. The van der Waals surface area contributed by atoms with Crippen molar-refractivity contribution in [3.05, 3.63) is 29.3 Å². The molecule has 1 N–H and O–H groups in total. The van der Waals surface area contributed by atoms with E-state index in [0.29, 0.717) is 24.0 Å². The Hall–Kier alpha value is -1.59. The molecule has 1 heterocycles. The van der Waals surface area contributed by atoms with E-state index in [4.69, 9.17) is 11.6 Å². The summed E-state index contributed by atoms with van der Waals surface area (Å²) in [4.78, 5) is 28.0. The maximum atomic E-state index is 12.6. The molecule has 0 radical (unpaired) electrons. The van der Waals surface area contributed by atoms with E-state index in [1.807, 2.05) is 30.1 Å². The minimum atomic E-state index is -0.263. The smallest absolute Gasteiger partial charge is 0.244 e. The van der Waals surface area contributed by atoms with E-state index < -0.39 is 0 Å². The first kappa shape index (κ1) is 15.3. The van der Waals surface area contributed by atoms with Crippen LogP contribution in [0.1, 0.15) is 19.3 Å². The number of para-hydroxylation sites is 1. The van der Waals surface area contributed by atoms with Crippen molar-refractivity contribution >= 4 is 29.1 Å². The fourth-order valence-electron chi connectivity index (χ4n) is 2.82. The number of halogens is 1. The molecule has 1 aromatic carbocycles. The van der Waals surface area contributed by atoms with E-state index in [0.717, 1.165) is 18.5 Å². The van der Waals surface area contributed by atoms with Gasteiger partial charge >= 0.3 is 0 Å². The fraction of sp³-hybridized carbons (Fsp3) is 0.500. The monoisotopic (exact) mass is 321 g/mol. The summed E-state index contributed by atoms with van der Waals surface area (Å²) in [7, 11) is 1.82. The molecule has 2 aliphatic rings. The van der Waals surface area contributed by atoms with E-state index in [1.54, 1.807) is 11.0 Å². The molecule has 1 unspecified atom stereocenters. The maximum Gasteiger partial charge on any atom is 0.244 e. The number of hydrogen-bond donors (Lipinski definition) is 1. The highest BCUT2D eigenvalue weighted by Gasteiger charge is 2.36. The quantitative estimate of drug-likeness (QED) is 0.897. The molecular weight excluding hydrogens is 302 g/mol. The summed E-state index contributed by atoms with van der Waals surface area (Å²) < 4.78 is 0. The molecular formula is C16H20ClN3O2. The number of rotatable bonds is 5. The van der Waals surface area contributed by atoms with Gasteiger partial charge in [0.25, 0.3) is 0 Å². The zero-order valence-corrected chi connectivity index (χ0v) is 13.3. The van der Waals surface area contributed by atoms with Crippen LogP contribution in [0.15, 0.2) is 24.3 Å². The summed E-state index contributed by atoms with van der Waals surface area (Å²) in [6.45, 7) is 0.880. The topological polar surface area (TPSA) is 52.7 Å². The van der Waals surface area contributed by atoms with Crippen molar-refractivity contribution in [1.29, 1.82) is 0 Å². The minimum Gasteiger partial charge on any atom is -0.352 e. The first-order chi connectivity index (χ1) is 10.6. The highest BCUT2D eigenvalue weighted by Crippen LogP contribution is 2.30. The van der Waals surface area contributed by atoms with Gasteiger partial charge in [-0.2, -0.15) is 0 Å². The Labute approximate surface area is 135 Å². The largest absolute Gasteiger partial charge is 0.352 e. The fourth-order valence-corrected chi connectivity index (χ4v) is 3.06. The standard InChI is InChI=1S/C16H20ClN3O2/c1-19(10-15(21)18-11-6-7-11)14-8-9-20(16(14)22)13-5-3-2-4-12(13)17/h2-5,11,14H,6-10H2,1H3,(H,18,21). The van der Waals surface area contributed by atoms with Crippen LogP contribution in [0.25, 0.3) is 0 Å². The molecule has 1 aliphatic heterocycles. The number of hydrogen-bond acceptors (Lipinski definition) is 3. The number of carbonyl (C=O) groups excluding carboxylic acids is 2. The van der Waals surface area contributed by atoms with Gasteiger partial charge in [-0.1, -0.05) is 23.7 Å². The predicted octanol–water partition coefficient (Wildman–Crippen LogP) is 1.66. The minimum absolute atomic E-state index is 0.00556. The van der Waals surface area contributed by atoms with Crippen molar-refractivity contribution in [3.8, 4) is 0 Å². The van der Waals surface area contributed by atoms with Gasteiger partial charge in [-0.25, -0.2) is 0 Å². The van der Waals surface area contributed by atoms with Gasteiger partial charge in [-0.15, -0.1) is 0 Å². The number of nitrogens with one attached hydrogen (secondary N) is 1. The highest BCUT2D eigenvalue weighted by molar-refractivity contribution is 6.33. The third kappa shape index (κ3) is 3.25. The molecule has 1 aliphatic carbocycles. The van der Waals surface area contributed by atoms with E-state index in [9.17, 15) is 9.59 Å². The Kier molecular flexibility index (Phi) is 4.36. The second-order valence-corrected chi connectivity index (χ2v) is 6.41. The van der Waals surface area contributed by atoms with Crippen molar-refractivity contribution in [2.75, 3.05) is 25.0 Å². The van der Waals surface area contributed by atoms with Gasteiger partial charge in [0.1, 0.15) is 0 Å². The second-order valence-electron chi connectivity index (χ2n) is 6.00. The molecule has 1 aromatic rings. The van der Waals surface area contributed by atoms with Crippen LogP contribution in [0.2, 0.25) is 5.02 Å². The van der Waals surface area contributed by atoms with Crippen molar-refractivity contribution < 1.29 is 9.59 Å². The number of likely N-dealkylation sites (N-methyl/N-ethyl adjacent to an activating group) is 1. The highest BCUT2D eigenvalue weighted by atomic mass is 35.5. The third-order valence-electron chi connectivity index (χ3n) is 4.19. The van der Waals surface area contributed by atoms with Crippen LogP contribution in [0.4, 0.5) is 5.69 Å². The number of anilines is 1. The average molecular weight is 322 g/mol. The van der Waals surface area contributed by atoms with Gasteiger partial charge in [-0.05, 0) is 38.4 Å². The molecule has 0 bridgehead atoms. The molecule has 1 atom stereocenters. The van der Waals surface area contributed by atoms with Crippen molar-refractivity contribution in [3.63, 3.8) is 0 Å². The molecule has 5 nitrogen and oxygen atoms in total. The molecule has 6 heteroatoms. The van der Waals surface area contributed by atoms with Gasteiger partial charge in [0, 0.05) is 12.6 Å². The van der Waals surface area contributed by atoms with Gasteiger partial charge in [0.05, 0.1) is 23.3 Å². The summed E-state index contributed by atoms with van der Waals surface area (Å²) in [6, 6.07) is 7.43. The predicted molar refractivity (Wildman–Crippen MR) is 86.0 cm³/mol. The first-order valence-electron chi connectivity index (χ1n) is 7.62. The molecule has 1 saturated heterocycles. The SMILES string of the molecule is CN(CC(=O)NC1CC1)C1CCN(c2ccccc2Cl)C1=O.